The number of H-pyrrole nitrogens is 1. The van der Waals surface area contributed by atoms with Crippen LogP contribution in [0.15, 0.2) is 42.5 Å². The maximum absolute atomic E-state index is 12.4. The molecule has 1 aromatic heterocycles. The van der Waals surface area contributed by atoms with Gasteiger partial charge in [0.25, 0.3) is 5.91 Å². The van der Waals surface area contributed by atoms with E-state index in [1.165, 1.54) is 14.2 Å². The number of rotatable bonds is 6. The molecule has 0 saturated carbocycles. The average Bonchev–Trinajstić information content (AvgIpc) is 3.09. The number of aromatic nitrogens is 2. The first-order valence-corrected chi connectivity index (χ1v) is 8.30. The van der Waals surface area contributed by atoms with Gasteiger partial charge in [0, 0.05) is 5.56 Å². The Bertz CT molecular complexity index is 950. The highest BCUT2D eigenvalue weighted by Crippen LogP contribution is 2.27. The van der Waals surface area contributed by atoms with Crippen molar-refractivity contribution in [1.82, 2.24) is 15.3 Å². The van der Waals surface area contributed by atoms with Crippen molar-refractivity contribution in [2.75, 3.05) is 19.5 Å². The topological polar surface area (TPSA) is 105 Å². The number of carbonyl (C=O) groups excluding carboxylic acids is 2. The van der Waals surface area contributed by atoms with E-state index >= 15 is 0 Å². The van der Waals surface area contributed by atoms with Crippen LogP contribution in [0.25, 0.3) is 11.0 Å². The zero-order valence-electron chi connectivity index (χ0n) is 15.2. The SMILES string of the molecule is COc1ccc(C(=O)NC(C)C(=O)Nc2nc3ccccc3[nH]2)cc1OC. The minimum atomic E-state index is -0.765. The number of nitrogens with one attached hydrogen (secondary N) is 3. The van der Waals surface area contributed by atoms with Crippen molar-refractivity contribution in [3.05, 3.63) is 48.0 Å². The number of hydrogen-bond acceptors (Lipinski definition) is 5. The molecule has 0 bridgehead atoms. The van der Waals surface area contributed by atoms with Crippen LogP contribution in [0.3, 0.4) is 0 Å². The van der Waals surface area contributed by atoms with E-state index in [1.807, 2.05) is 24.3 Å². The summed E-state index contributed by atoms with van der Waals surface area (Å²) in [5.74, 6) is 0.494. The fourth-order valence-corrected chi connectivity index (χ4v) is 2.56. The summed E-state index contributed by atoms with van der Waals surface area (Å²) >= 11 is 0. The molecule has 0 aliphatic heterocycles. The lowest BCUT2D eigenvalue weighted by Gasteiger charge is -2.14. The Kier molecular flexibility index (Phi) is 5.25. The van der Waals surface area contributed by atoms with Crippen LogP contribution < -0.4 is 20.1 Å². The van der Waals surface area contributed by atoms with Gasteiger partial charge in [-0.25, -0.2) is 4.98 Å². The van der Waals surface area contributed by atoms with Crippen molar-refractivity contribution >= 4 is 28.8 Å². The van der Waals surface area contributed by atoms with Gasteiger partial charge in [-0.1, -0.05) is 12.1 Å². The van der Waals surface area contributed by atoms with Crippen LogP contribution in [0.4, 0.5) is 5.95 Å². The highest BCUT2D eigenvalue weighted by atomic mass is 16.5. The Morgan fingerprint density at radius 3 is 2.52 bits per heavy atom. The molecule has 8 heteroatoms. The summed E-state index contributed by atoms with van der Waals surface area (Å²) in [6.07, 6.45) is 0. The smallest absolute Gasteiger partial charge is 0.252 e. The van der Waals surface area contributed by atoms with Crippen molar-refractivity contribution in [1.29, 1.82) is 0 Å². The molecule has 1 atom stereocenters. The van der Waals surface area contributed by atoms with E-state index in [1.54, 1.807) is 25.1 Å². The van der Waals surface area contributed by atoms with Gasteiger partial charge in [-0.3, -0.25) is 14.9 Å². The number of anilines is 1. The average molecular weight is 368 g/mol. The quantitative estimate of drug-likeness (QED) is 0.619. The fourth-order valence-electron chi connectivity index (χ4n) is 2.56. The molecule has 8 nitrogen and oxygen atoms in total. The maximum atomic E-state index is 12.4. The van der Waals surface area contributed by atoms with Crippen LogP contribution in [0.2, 0.25) is 0 Å². The largest absolute Gasteiger partial charge is 0.493 e. The van der Waals surface area contributed by atoms with E-state index in [0.717, 1.165) is 11.0 Å². The van der Waals surface area contributed by atoms with Crippen molar-refractivity contribution in [2.24, 2.45) is 0 Å². The standard InChI is InChI=1S/C19H20N4O4/c1-11(17(24)23-19-21-13-6-4-5-7-14(13)22-19)20-18(25)12-8-9-15(26-2)16(10-12)27-3/h4-11H,1-3H3,(H,20,25)(H2,21,22,23,24). The molecule has 0 aliphatic carbocycles. The normalized spacial score (nSPS) is 11.7. The van der Waals surface area contributed by atoms with Gasteiger partial charge >= 0.3 is 0 Å². The monoisotopic (exact) mass is 368 g/mol. The highest BCUT2D eigenvalue weighted by Gasteiger charge is 2.19. The molecule has 0 aliphatic rings. The van der Waals surface area contributed by atoms with Crippen LogP contribution in [0, 0.1) is 0 Å². The summed E-state index contributed by atoms with van der Waals surface area (Å²) in [5.41, 5.74) is 1.92. The van der Waals surface area contributed by atoms with Crippen LogP contribution in [0.5, 0.6) is 11.5 Å². The van der Waals surface area contributed by atoms with Crippen LogP contribution in [0.1, 0.15) is 17.3 Å². The Morgan fingerprint density at radius 1 is 1.07 bits per heavy atom. The second-order valence-corrected chi connectivity index (χ2v) is 5.86. The minimum Gasteiger partial charge on any atom is -0.493 e. The molecule has 140 valence electrons. The number of para-hydroxylation sites is 2. The number of methoxy groups -OCH3 is 2. The number of aromatic amines is 1. The van der Waals surface area contributed by atoms with Crippen LogP contribution >= 0.6 is 0 Å². The molecule has 3 aromatic rings. The Labute approximate surface area is 155 Å². The van der Waals surface area contributed by atoms with Gasteiger partial charge in [0.15, 0.2) is 11.5 Å². The van der Waals surface area contributed by atoms with E-state index in [9.17, 15) is 9.59 Å². The number of carbonyl (C=O) groups is 2. The van der Waals surface area contributed by atoms with Crippen molar-refractivity contribution in [2.45, 2.75) is 13.0 Å². The number of ether oxygens (including phenoxy) is 2. The van der Waals surface area contributed by atoms with E-state index in [4.69, 9.17) is 9.47 Å². The minimum absolute atomic E-state index is 0.327. The number of amides is 2. The Morgan fingerprint density at radius 2 is 1.81 bits per heavy atom. The van der Waals surface area contributed by atoms with Crippen LogP contribution in [-0.4, -0.2) is 42.0 Å². The lowest BCUT2D eigenvalue weighted by atomic mass is 10.1. The highest BCUT2D eigenvalue weighted by molar-refractivity contribution is 6.01. The molecule has 27 heavy (non-hydrogen) atoms. The molecule has 3 N–H and O–H groups in total. The van der Waals surface area contributed by atoms with E-state index in [2.05, 4.69) is 20.6 Å². The fraction of sp³-hybridized carbons (Fsp3) is 0.211. The molecule has 0 fully saturated rings. The summed E-state index contributed by atoms with van der Waals surface area (Å²) in [6, 6.07) is 11.5. The van der Waals surface area contributed by atoms with Crippen LogP contribution in [-0.2, 0) is 4.79 Å². The third-order valence-electron chi connectivity index (χ3n) is 4.02. The first-order valence-electron chi connectivity index (χ1n) is 8.30. The first kappa shape index (κ1) is 18.2. The molecule has 1 unspecified atom stereocenters. The summed E-state index contributed by atoms with van der Waals surface area (Å²) < 4.78 is 10.3. The first-order chi connectivity index (χ1) is 13.0. The molecular weight excluding hydrogens is 348 g/mol. The lowest BCUT2D eigenvalue weighted by molar-refractivity contribution is -0.117. The van der Waals surface area contributed by atoms with E-state index in [-0.39, 0.29) is 5.91 Å². The summed E-state index contributed by atoms with van der Waals surface area (Å²) in [4.78, 5) is 32.1. The van der Waals surface area contributed by atoms with E-state index in [0.29, 0.717) is 23.0 Å². The van der Waals surface area contributed by atoms with Gasteiger partial charge in [-0.05, 0) is 37.3 Å². The van der Waals surface area contributed by atoms with E-state index < -0.39 is 11.9 Å². The summed E-state index contributed by atoms with van der Waals surface area (Å²) in [7, 11) is 3.00. The number of hydrogen-bond donors (Lipinski definition) is 3. The maximum Gasteiger partial charge on any atom is 0.252 e. The molecule has 3 rings (SSSR count). The third-order valence-corrected chi connectivity index (χ3v) is 4.02. The Balaban J connectivity index is 1.66. The summed E-state index contributed by atoms with van der Waals surface area (Å²) in [5, 5.41) is 5.31. The molecule has 2 amide bonds. The Hall–Kier alpha value is -3.55. The predicted octanol–water partition coefficient (Wildman–Crippen LogP) is 2.34. The van der Waals surface area contributed by atoms with Gasteiger partial charge in [0.1, 0.15) is 6.04 Å². The molecule has 0 saturated heterocycles. The zero-order chi connectivity index (χ0) is 19.4. The zero-order valence-corrected chi connectivity index (χ0v) is 15.2. The third kappa shape index (κ3) is 4.00. The number of nitrogens with zero attached hydrogens (tertiary/aromatic N) is 1. The number of imidazole rings is 1. The van der Waals surface area contributed by atoms with Gasteiger partial charge in [-0.2, -0.15) is 0 Å². The second-order valence-electron chi connectivity index (χ2n) is 5.86. The number of fused-ring (bicyclic) bond motifs is 1. The lowest BCUT2D eigenvalue weighted by Crippen LogP contribution is -2.41. The van der Waals surface area contributed by atoms with Gasteiger partial charge in [-0.15, -0.1) is 0 Å². The molecular formula is C19H20N4O4. The summed E-state index contributed by atoms with van der Waals surface area (Å²) in [6.45, 7) is 1.59. The molecule has 2 aromatic carbocycles. The van der Waals surface area contributed by atoms with Gasteiger partial charge in [0.05, 0.1) is 25.3 Å². The van der Waals surface area contributed by atoms with Crippen molar-refractivity contribution in [3.8, 4) is 11.5 Å². The van der Waals surface area contributed by atoms with Gasteiger partial charge in [0.2, 0.25) is 11.9 Å². The van der Waals surface area contributed by atoms with Crippen molar-refractivity contribution < 1.29 is 19.1 Å². The molecule has 1 heterocycles. The number of benzene rings is 2. The van der Waals surface area contributed by atoms with Crippen molar-refractivity contribution in [3.63, 3.8) is 0 Å². The molecule has 0 spiro atoms. The predicted molar refractivity (Wildman–Crippen MR) is 101 cm³/mol. The van der Waals surface area contributed by atoms with Gasteiger partial charge < -0.3 is 19.8 Å². The second kappa shape index (κ2) is 7.77. The molecule has 0 radical (unpaired) electrons.